The molecule has 0 aliphatic heterocycles. The van der Waals surface area contributed by atoms with Crippen molar-refractivity contribution in [3.8, 4) is 0 Å². The van der Waals surface area contributed by atoms with E-state index in [2.05, 4.69) is 39.2 Å². The lowest BCUT2D eigenvalue weighted by Gasteiger charge is -2.24. The number of rotatable bonds is 7. The number of likely N-dealkylation sites (N-methyl/N-ethyl adjacent to an activating group) is 1. The third-order valence-corrected chi connectivity index (χ3v) is 4.95. The van der Waals surface area contributed by atoms with Crippen molar-refractivity contribution in [1.29, 1.82) is 0 Å². The first-order valence-corrected chi connectivity index (χ1v) is 8.98. The van der Waals surface area contributed by atoms with Crippen LogP contribution in [0.1, 0.15) is 36.6 Å². The van der Waals surface area contributed by atoms with Crippen LogP contribution in [-0.2, 0) is 24.1 Å². The molecule has 132 valence electrons. The number of hydrogen-bond acceptors (Lipinski definition) is 4. The van der Waals surface area contributed by atoms with Crippen LogP contribution in [0, 0.1) is 0 Å². The normalized spacial score (nSPS) is 14.4. The van der Waals surface area contributed by atoms with Gasteiger partial charge in [-0.15, -0.1) is 0 Å². The summed E-state index contributed by atoms with van der Waals surface area (Å²) < 4.78 is 0. The Kier molecular flexibility index (Phi) is 5.76. The number of anilines is 1. The molecule has 0 spiro atoms. The quantitative estimate of drug-likeness (QED) is 0.843. The van der Waals surface area contributed by atoms with E-state index in [-0.39, 0.29) is 5.91 Å². The summed E-state index contributed by atoms with van der Waals surface area (Å²) in [7, 11) is 2.05. The van der Waals surface area contributed by atoms with Crippen molar-refractivity contribution in [3.63, 3.8) is 0 Å². The fourth-order valence-corrected chi connectivity index (χ4v) is 3.27. The number of aryl methyl sites for hydroxylation is 2. The van der Waals surface area contributed by atoms with Crippen LogP contribution in [0.15, 0.2) is 36.8 Å². The summed E-state index contributed by atoms with van der Waals surface area (Å²) in [6, 6.07) is 6.60. The minimum Gasteiger partial charge on any atom is -0.326 e. The van der Waals surface area contributed by atoms with Gasteiger partial charge >= 0.3 is 0 Å². The zero-order chi connectivity index (χ0) is 17.6. The number of amides is 1. The lowest BCUT2D eigenvalue weighted by Crippen LogP contribution is -2.33. The molecule has 1 aromatic carbocycles. The van der Waals surface area contributed by atoms with Crippen molar-refractivity contribution in [2.75, 3.05) is 18.9 Å². The molecule has 0 unspecified atom stereocenters. The molecule has 0 saturated carbocycles. The topological polar surface area (TPSA) is 58.1 Å². The third-order valence-electron chi connectivity index (χ3n) is 4.95. The van der Waals surface area contributed by atoms with E-state index in [0.717, 1.165) is 37.2 Å². The first kappa shape index (κ1) is 17.5. The summed E-state index contributed by atoms with van der Waals surface area (Å²) in [6.45, 7) is 2.87. The van der Waals surface area contributed by atoms with E-state index in [1.165, 1.54) is 17.5 Å². The Morgan fingerprint density at radius 3 is 2.92 bits per heavy atom. The van der Waals surface area contributed by atoms with Gasteiger partial charge in [0.05, 0.1) is 5.69 Å². The molecule has 0 bridgehead atoms. The largest absolute Gasteiger partial charge is 0.326 e. The Labute approximate surface area is 149 Å². The number of carbonyl (C=O) groups excluding carboxylic acids is 1. The Morgan fingerprint density at radius 2 is 2.12 bits per heavy atom. The van der Waals surface area contributed by atoms with E-state index in [9.17, 15) is 4.79 Å². The second kappa shape index (κ2) is 8.21. The Hall–Kier alpha value is -2.27. The van der Waals surface area contributed by atoms with E-state index >= 15 is 0 Å². The second-order valence-electron chi connectivity index (χ2n) is 6.87. The summed E-state index contributed by atoms with van der Waals surface area (Å²) >= 11 is 0. The molecule has 2 aromatic rings. The summed E-state index contributed by atoms with van der Waals surface area (Å²) in [5.41, 5.74) is 4.70. The first-order valence-electron chi connectivity index (χ1n) is 8.98. The highest BCUT2D eigenvalue weighted by atomic mass is 16.1. The smallest absolute Gasteiger partial charge is 0.225 e. The number of nitrogens with one attached hydrogen (secondary N) is 1. The standard InChI is InChI=1S/C20H26N4O/c1-15(12-19-14-21-9-10-22-19)24(2)11-8-20(25)23-18-7-6-16-4-3-5-17(16)13-18/h6-7,9-10,13-15H,3-5,8,11-12H2,1-2H3,(H,23,25)/t15-/m1/s1. The molecule has 0 fully saturated rings. The molecule has 5 heteroatoms. The minimum absolute atomic E-state index is 0.0662. The Balaban J connectivity index is 1.45. The van der Waals surface area contributed by atoms with E-state index in [4.69, 9.17) is 0 Å². The van der Waals surface area contributed by atoms with Crippen molar-refractivity contribution in [1.82, 2.24) is 14.9 Å². The van der Waals surface area contributed by atoms with Gasteiger partial charge in [0.25, 0.3) is 0 Å². The summed E-state index contributed by atoms with van der Waals surface area (Å²) in [4.78, 5) is 22.8. The summed E-state index contributed by atoms with van der Waals surface area (Å²) in [5, 5.41) is 3.03. The molecule has 1 atom stereocenters. The zero-order valence-corrected chi connectivity index (χ0v) is 15.0. The Morgan fingerprint density at radius 1 is 1.28 bits per heavy atom. The number of hydrogen-bond donors (Lipinski definition) is 1. The van der Waals surface area contributed by atoms with Crippen LogP contribution in [0.25, 0.3) is 0 Å². The van der Waals surface area contributed by atoms with Crippen molar-refractivity contribution in [3.05, 3.63) is 53.6 Å². The van der Waals surface area contributed by atoms with Gasteiger partial charge in [0, 0.05) is 49.7 Å². The molecule has 25 heavy (non-hydrogen) atoms. The van der Waals surface area contributed by atoms with Gasteiger partial charge in [-0.25, -0.2) is 0 Å². The van der Waals surface area contributed by atoms with Crippen LogP contribution < -0.4 is 5.32 Å². The van der Waals surface area contributed by atoms with Crippen LogP contribution in [0.3, 0.4) is 0 Å². The van der Waals surface area contributed by atoms with Gasteiger partial charge in [0.1, 0.15) is 0 Å². The summed E-state index contributed by atoms with van der Waals surface area (Å²) in [5.74, 6) is 0.0662. The maximum atomic E-state index is 12.2. The number of fused-ring (bicyclic) bond motifs is 1. The molecular weight excluding hydrogens is 312 g/mol. The molecule has 0 radical (unpaired) electrons. The van der Waals surface area contributed by atoms with Crippen LogP contribution in [0.5, 0.6) is 0 Å². The molecule has 1 amide bonds. The predicted molar refractivity (Wildman–Crippen MR) is 99.5 cm³/mol. The van der Waals surface area contributed by atoms with Crippen molar-refractivity contribution in [2.45, 2.75) is 45.1 Å². The fourth-order valence-electron chi connectivity index (χ4n) is 3.27. The SMILES string of the molecule is C[C@H](Cc1cnccn1)N(C)CCC(=O)Nc1ccc2c(c1)CCC2. The van der Waals surface area contributed by atoms with E-state index in [1.807, 2.05) is 13.1 Å². The van der Waals surface area contributed by atoms with Crippen LogP contribution in [0.2, 0.25) is 0 Å². The van der Waals surface area contributed by atoms with Gasteiger partial charge in [-0.2, -0.15) is 0 Å². The third kappa shape index (κ3) is 4.86. The monoisotopic (exact) mass is 338 g/mol. The maximum Gasteiger partial charge on any atom is 0.225 e. The van der Waals surface area contributed by atoms with E-state index < -0.39 is 0 Å². The molecule has 1 N–H and O–H groups in total. The predicted octanol–water partition coefficient (Wildman–Crippen LogP) is 2.86. The highest BCUT2D eigenvalue weighted by Gasteiger charge is 2.14. The molecule has 3 rings (SSSR count). The van der Waals surface area contributed by atoms with E-state index in [1.54, 1.807) is 18.6 Å². The van der Waals surface area contributed by atoms with Crippen molar-refractivity contribution < 1.29 is 4.79 Å². The lowest BCUT2D eigenvalue weighted by molar-refractivity contribution is -0.116. The maximum absolute atomic E-state index is 12.2. The molecule has 1 aromatic heterocycles. The van der Waals surface area contributed by atoms with Crippen molar-refractivity contribution >= 4 is 11.6 Å². The van der Waals surface area contributed by atoms with Crippen LogP contribution >= 0.6 is 0 Å². The number of carbonyl (C=O) groups is 1. The van der Waals surface area contributed by atoms with Gasteiger partial charge in [-0.3, -0.25) is 14.8 Å². The highest BCUT2D eigenvalue weighted by Crippen LogP contribution is 2.24. The molecular formula is C20H26N4O. The highest BCUT2D eigenvalue weighted by molar-refractivity contribution is 5.91. The molecule has 1 aliphatic carbocycles. The molecule has 1 heterocycles. The molecule has 1 aliphatic rings. The summed E-state index contributed by atoms with van der Waals surface area (Å²) in [6.07, 6.45) is 10.0. The fraction of sp³-hybridized carbons (Fsp3) is 0.450. The minimum atomic E-state index is 0.0662. The lowest BCUT2D eigenvalue weighted by atomic mass is 10.1. The van der Waals surface area contributed by atoms with Gasteiger partial charge in [0.15, 0.2) is 0 Å². The van der Waals surface area contributed by atoms with Crippen molar-refractivity contribution in [2.24, 2.45) is 0 Å². The van der Waals surface area contributed by atoms with Gasteiger partial charge < -0.3 is 10.2 Å². The first-order chi connectivity index (χ1) is 12.1. The second-order valence-corrected chi connectivity index (χ2v) is 6.87. The van der Waals surface area contributed by atoms with Gasteiger partial charge in [-0.1, -0.05) is 6.07 Å². The average Bonchev–Trinajstić information content (AvgIpc) is 3.08. The number of nitrogens with zero attached hydrogens (tertiary/aromatic N) is 3. The zero-order valence-electron chi connectivity index (χ0n) is 15.0. The average molecular weight is 338 g/mol. The van der Waals surface area contributed by atoms with Crippen LogP contribution in [0.4, 0.5) is 5.69 Å². The molecule has 5 nitrogen and oxygen atoms in total. The van der Waals surface area contributed by atoms with Gasteiger partial charge in [0.2, 0.25) is 5.91 Å². The number of benzene rings is 1. The number of aromatic nitrogens is 2. The van der Waals surface area contributed by atoms with Gasteiger partial charge in [-0.05, 0) is 56.5 Å². The van der Waals surface area contributed by atoms with Crippen LogP contribution in [-0.4, -0.2) is 40.4 Å². The van der Waals surface area contributed by atoms with E-state index in [0.29, 0.717) is 12.5 Å². The molecule has 0 saturated heterocycles. The Bertz CT molecular complexity index is 717.